The van der Waals surface area contributed by atoms with Gasteiger partial charge in [-0.15, -0.1) is 0 Å². The lowest BCUT2D eigenvalue weighted by Crippen LogP contribution is -2.43. The van der Waals surface area contributed by atoms with Crippen LogP contribution in [0.15, 0.2) is 59.7 Å². The van der Waals surface area contributed by atoms with E-state index in [0.29, 0.717) is 31.6 Å². The largest absolute Gasteiger partial charge is 0.389 e. The number of piperidine rings is 1. The minimum absolute atomic E-state index is 0.00539. The van der Waals surface area contributed by atoms with Crippen LogP contribution in [0.3, 0.4) is 0 Å². The smallest absolute Gasteiger partial charge is 0.269 e. The van der Waals surface area contributed by atoms with Crippen molar-refractivity contribution in [1.82, 2.24) is 10.3 Å². The summed E-state index contributed by atoms with van der Waals surface area (Å²) >= 11 is 0. The second-order valence-electron chi connectivity index (χ2n) is 7.81. The highest BCUT2D eigenvalue weighted by atomic mass is 16.6. The Labute approximate surface area is 186 Å². The number of nitrogens with zero attached hydrogens (tertiary/aromatic N) is 3. The number of carbonyl (C=O) groups is 1. The molecule has 1 atom stereocenters. The lowest BCUT2D eigenvalue weighted by atomic mass is 9.96. The lowest BCUT2D eigenvalue weighted by Gasteiger charge is -2.32. The van der Waals surface area contributed by atoms with Gasteiger partial charge in [-0.3, -0.25) is 14.9 Å². The number of aliphatic hydroxyl groups is 1. The Morgan fingerprint density at radius 2 is 1.91 bits per heavy atom. The van der Waals surface area contributed by atoms with Gasteiger partial charge in [0.25, 0.3) is 5.69 Å². The van der Waals surface area contributed by atoms with Crippen molar-refractivity contribution in [3.63, 3.8) is 0 Å². The fourth-order valence-corrected chi connectivity index (χ4v) is 3.56. The zero-order valence-corrected chi connectivity index (χ0v) is 17.8. The van der Waals surface area contributed by atoms with Gasteiger partial charge < -0.3 is 14.7 Å². The number of aliphatic hydroxyl groups excluding tert-OH is 1. The number of likely N-dealkylation sites (tertiary alicyclic amines) is 1. The summed E-state index contributed by atoms with van der Waals surface area (Å²) in [5, 5.41) is 24.8. The van der Waals surface area contributed by atoms with Gasteiger partial charge in [-0.2, -0.15) is 5.10 Å². The molecule has 3 rings (SSSR count). The number of amides is 1. The third kappa shape index (κ3) is 7.52. The molecule has 0 unspecified atom stereocenters. The lowest BCUT2D eigenvalue weighted by molar-refractivity contribution is -0.384. The molecule has 2 aromatic carbocycles. The van der Waals surface area contributed by atoms with E-state index in [2.05, 4.69) is 15.4 Å². The number of ether oxygens (including phenoxy) is 1. The molecule has 2 aromatic rings. The van der Waals surface area contributed by atoms with Crippen LogP contribution < -0.4 is 5.43 Å². The number of carbonyl (C=O) groups excluding carboxylic acids is 1. The normalized spacial score (nSPS) is 16.2. The van der Waals surface area contributed by atoms with Crippen LogP contribution in [0.5, 0.6) is 0 Å². The van der Waals surface area contributed by atoms with Crippen LogP contribution in [0.25, 0.3) is 0 Å². The summed E-state index contributed by atoms with van der Waals surface area (Å²) in [6.07, 6.45) is 2.27. The molecule has 32 heavy (non-hydrogen) atoms. The van der Waals surface area contributed by atoms with Gasteiger partial charge in [-0.1, -0.05) is 30.3 Å². The molecule has 1 aliphatic rings. The molecule has 1 fully saturated rings. The van der Waals surface area contributed by atoms with Gasteiger partial charge in [0.2, 0.25) is 5.91 Å². The van der Waals surface area contributed by atoms with E-state index in [9.17, 15) is 20.0 Å². The van der Waals surface area contributed by atoms with Crippen LogP contribution in [0.2, 0.25) is 0 Å². The number of hydrogen-bond acceptors (Lipinski definition) is 7. The minimum atomic E-state index is -0.574. The van der Waals surface area contributed by atoms with Gasteiger partial charge in [0.05, 0.1) is 30.5 Å². The molecular weight excluding hydrogens is 412 g/mol. The SMILES string of the molecule is O=C(N/N=C\c1ccc([N+](=O)[O-])cc1)C1CCN(C[C@H](O)COCc2ccccc2)CC1. The number of benzene rings is 2. The van der Waals surface area contributed by atoms with Crippen molar-refractivity contribution >= 4 is 17.8 Å². The van der Waals surface area contributed by atoms with Gasteiger partial charge in [0.15, 0.2) is 0 Å². The number of rotatable bonds is 10. The number of nitro benzene ring substituents is 1. The zero-order valence-electron chi connectivity index (χ0n) is 17.8. The third-order valence-electron chi connectivity index (χ3n) is 5.34. The van der Waals surface area contributed by atoms with E-state index in [1.54, 1.807) is 12.1 Å². The molecule has 9 nitrogen and oxygen atoms in total. The third-order valence-corrected chi connectivity index (χ3v) is 5.34. The fraction of sp³-hybridized carbons (Fsp3) is 0.391. The summed E-state index contributed by atoms with van der Waals surface area (Å²) in [6, 6.07) is 15.7. The second-order valence-corrected chi connectivity index (χ2v) is 7.81. The molecule has 0 spiro atoms. The number of hydrogen-bond donors (Lipinski definition) is 2. The van der Waals surface area contributed by atoms with Crippen molar-refractivity contribution in [3.8, 4) is 0 Å². The van der Waals surface area contributed by atoms with Crippen LogP contribution in [0.1, 0.15) is 24.0 Å². The second kappa shape index (κ2) is 12.0. The quantitative estimate of drug-likeness (QED) is 0.333. The number of hydrazone groups is 1. The molecule has 0 bridgehead atoms. The van der Waals surface area contributed by atoms with Crippen LogP contribution >= 0.6 is 0 Å². The van der Waals surface area contributed by atoms with E-state index >= 15 is 0 Å². The summed E-state index contributed by atoms with van der Waals surface area (Å²) < 4.78 is 5.59. The standard InChI is InChI=1S/C23H28N4O5/c28-22(17-32-16-19-4-2-1-3-5-19)15-26-12-10-20(11-13-26)23(29)25-24-14-18-6-8-21(9-7-18)27(30)31/h1-9,14,20,22,28H,10-13,15-17H2,(H,25,29)/b24-14-/t22-/m0/s1. The Morgan fingerprint density at radius 3 is 2.56 bits per heavy atom. The predicted octanol–water partition coefficient (Wildman–Crippen LogP) is 2.33. The van der Waals surface area contributed by atoms with E-state index in [0.717, 1.165) is 18.7 Å². The van der Waals surface area contributed by atoms with E-state index in [1.807, 2.05) is 30.3 Å². The molecule has 1 saturated heterocycles. The van der Waals surface area contributed by atoms with Crippen molar-refractivity contribution in [2.75, 3.05) is 26.2 Å². The topological polar surface area (TPSA) is 117 Å². The van der Waals surface area contributed by atoms with Gasteiger partial charge >= 0.3 is 0 Å². The average molecular weight is 441 g/mol. The first-order chi connectivity index (χ1) is 15.5. The van der Waals surface area contributed by atoms with Crippen molar-refractivity contribution in [2.45, 2.75) is 25.6 Å². The Hall–Kier alpha value is -3.14. The van der Waals surface area contributed by atoms with E-state index in [-0.39, 0.29) is 24.1 Å². The maximum atomic E-state index is 12.3. The molecule has 0 radical (unpaired) electrons. The van der Waals surface area contributed by atoms with Crippen molar-refractivity contribution in [1.29, 1.82) is 0 Å². The first kappa shape index (κ1) is 23.5. The molecule has 2 N–H and O–H groups in total. The molecule has 1 aliphatic heterocycles. The summed E-state index contributed by atoms with van der Waals surface area (Å²) in [5.41, 5.74) is 4.28. The highest BCUT2D eigenvalue weighted by molar-refractivity contribution is 5.83. The maximum Gasteiger partial charge on any atom is 0.269 e. The molecule has 0 aromatic heterocycles. The van der Waals surface area contributed by atoms with Gasteiger partial charge in [-0.25, -0.2) is 5.43 Å². The maximum absolute atomic E-state index is 12.3. The monoisotopic (exact) mass is 440 g/mol. The number of nitro groups is 1. The van der Waals surface area contributed by atoms with Crippen LogP contribution in [0, 0.1) is 16.0 Å². The number of non-ortho nitro benzene ring substituents is 1. The molecule has 170 valence electrons. The Bertz CT molecular complexity index is 896. The predicted molar refractivity (Wildman–Crippen MR) is 120 cm³/mol. The first-order valence-electron chi connectivity index (χ1n) is 10.6. The average Bonchev–Trinajstić information content (AvgIpc) is 2.80. The molecule has 0 aliphatic carbocycles. The highest BCUT2D eigenvalue weighted by Crippen LogP contribution is 2.18. The molecule has 1 amide bonds. The van der Waals surface area contributed by atoms with Crippen LogP contribution in [0.4, 0.5) is 5.69 Å². The van der Waals surface area contributed by atoms with Gasteiger partial charge in [0, 0.05) is 24.6 Å². The molecule has 1 heterocycles. The highest BCUT2D eigenvalue weighted by Gasteiger charge is 2.25. The van der Waals surface area contributed by atoms with E-state index in [1.165, 1.54) is 18.3 Å². The molecular formula is C23H28N4O5. The van der Waals surface area contributed by atoms with Crippen molar-refractivity contribution < 1.29 is 19.6 Å². The molecule has 9 heteroatoms. The Morgan fingerprint density at radius 1 is 1.22 bits per heavy atom. The van der Waals surface area contributed by atoms with Gasteiger partial charge in [0.1, 0.15) is 0 Å². The summed E-state index contributed by atoms with van der Waals surface area (Å²) in [5.74, 6) is -0.277. The van der Waals surface area contributed by atoms with E-state index in [4.69, 9.17) is 4.74 Å². The summed E-state index contributed by atoms with van der Waals surface area (Å²) in [4.78, 5) is 24.7. The number of β-amino-alcohol motifs (C(OH)–C–C–N with tert-alkyl or cyclic N) is 1. The fourth-order valence-electron chi connectivity index (χ4n) is 3.56. The summed E-state index contributed by atoms with van der Waals surface area (Å²) in [7, 11) is 0. The van der Waals surface area contributed by atoms with Gasteiger partial charge in [-0.05, 0) is 49.2 Å². The van der Waals surface area contributed by atoms with Crippen LogP contribution in [-0.2, 0) is 16.1 Å². The Kier molecular flexibility index (Phi) is 8.85. The molecule has 0 saturated carbocycles. The van der Waals surface area contributed by atoms with Crippen LogP contribution in [-0.4, -0.2) is 59.4 Å². The minimum Gasteiger partial charge on any atom is -0.389 e. The van der Waals surface area contributed by atoms with Crippen molar-refractivity contribution in [3.05, 3.63) is 75.8 Å². The zero-order chi connectivity index (χ0) is 22.8. The summed E-state index contributed by atoms with van der Waals surface area (Å²) in [6.45, 7) is 2.70. The van der Waals surface area contributed by atoms with Crippen molar-refractivity contribution in [2.24, 2.45) is 11.0 Å². The number of nitrogens with one attached hydrogen (secondary N) is 1. The van der Waals surface area contributed by atoms with E-state index < -0.39 is 11.0 Å². The first-order valence-corrected chi connectivity index (χ1v) is 10.6. The Balaban J connectivity index is 1.32.